The van der Waals surface area contributed by atoms with E-state index in [2.05, 4.69) is 5.10 Å². The lowest BCUT2D eigenvalue weighted by Gasteiger charge is -2.12. The molecule has 8 nitrogen and oxygen atoms in total. The molecule has 2 heterocycles. The topological polar surface area (TPSA) is 102 Å². The lowest BCUT2D eigenvalue weighted by molar-refractivity contribution is -0.142. The maximum Gasteiger partial charge on any atom is 0.333 e. The fourth-order valence-electron chi connectivity index (χ4n) is 1.70. The number of imide groups is 2. The summed E-state index contributed by atoms with van der Waals surface area (Å²) in [6.07, 6.45) is 2.22. The molecule has 0 atom stereocenters. The Bertz CT molecular complexity index is 509. The molecule has 1 aliphatic rings. The summed E-state index contributed by atoms with van der Waals surface area (Å²) in [7, 11) is 1.29. The second kappa shape index (κ2) is 4.47. The van der Waals surface area contributed by atoms with Crippen LogP contribution in [0.1, 0.15) is 6.42 Å². The summed E-state index contributed by atoms with van der Waals surface area (Å²) < 4.78 is 1.62. The van der Waals surface area contributed by atoms with E-state index in [1.807, 2.05) is 0 Å². The second-order valence-corrected chi connectivity index (χ2v) is 3.96. The number of aromatic nitrogens is 2. The highest BCUT2D eigenvalue weighted by atomic mass is 16.2. The number of rotatable bonds is 4. The second-order valence-electron chi connectivity index (χ2n) is 3.96. The predicted molar refractivity (Wildman–Crippen MR) is 61.1 cm³/mol. The normalized spacial score (nSPS) is 15.9. The molecule has 0 aromatic carbocycles. The van der Waals surface area contributed by atoms with Crippen molar-refractivity contribution in [2.45, 2.75) is 13.0 Å². The summed E-state index contributed by atoms with van der Waals surface area (Å²) >= 11 is 0. The van der Waals surface area contributed by atoms with Gasteiger partial charge in [0.2, 0.25) is 0 Å². The van der Waals surface area contributed by atoms with Crippen LogP contribution in [-0.4, -0.2) is 51.0 Å². The Balaban J connectivity index is 1.89. The van der Waals surface area contributed by atoms with Gasteiger partial charge in [-0.05, 0) is 12.5 Å². The molecular formula is C10H13N5O3. The van der Waals surface area contributed by atoms with Crippen LogP contribution in [0.15, 0.2) is 12.3 Å². The van der Waals surface area contributed by atoms with E-state index in [4.69, 9.17) is 5.73 Å². The first-order valence-electron chi connectivity index (χ1n) is 5.43. The number of carbonyl (C=O) groups is 3. The molecule has 2 N–H and O–H groups in total. The van der Waals surface area contributed by atoms with Gasteiger partial charge >= 0.3 is 17.8 Å². The minimum atomic E-state index is -0.789. The van der Waals surface area contributed by atoms with Gasteiger partial charge in [0, 0.05) is 26.3 Å². The highest BCUT2D eigenvalue weighted by Gasteiger charge is 2.41. The van der Waals surface area contributed by atoms with Crippen LogP contribution in [0.4, 0.5) is 10.6 Å². The number of hydrogen-bond acceptors (Lipinski definition) is 5. The first-order valence-corrected chi connectivity index (χ1v) is 5.43. The number of nitrogens with two attached hydrogens (primary N) is 1. The largest absolute Gasteiger partial charge is 0.382 e. The fraction of sp³-hybridized carbons (Fsp3) is 0.400. The lowest BCUT2D eigenvalue weighted by atomic mass is 10.4. The summed E-state index contributed by atoms with van der Waals surface area (Å²) in [4.78, 5) is 36.0. The van der Waals surface area contributed by atoms with Crippen molar-refractivity contribution in [2.24, 2.45) is 0 Å². The molecule has 0 unspecified atom stereocenters. The van der Waals surface area contributed by atoms with Crippen LogP contribution in [0.5, 0.6) is 0 Å². The van der Waals surface area contributed by atoms with Crippen molar-refractivity contribution in [2.75, 3.05) is 19.3 Å². The quantitative estimate of drug-likeness (QED) is 0.562. The van der Waals surface area contributed by atoms with Crippen molar-refractivity contribution in [1.82, 2.24) is 19.6 Å². The SMILES string of the molecule is CN1C(=O)C(=O)N(CCCn2ccc(N)n2)C1=O. The molecule has 0 aliphatic carbocycles. The van der Waals surface area contributed by atoms with Crippen molar-refractivity contribution in [3.8, 4) is 0 Å². The van der Waals surface area contributed by atoms with Crippen LogP contribution < -0.4 is 5.73 Å². The van der Waals surface area contributed by atoms with Crippen molar-refractivity contribution in [3.05, 3.63) is 12.3 Å². The maximum absolute atomic E-state index is 11.5. The van der Waals surface area contributed by atoms with Gasteiger partial charge in [0.1, 0.15) is 5.82 Å². The molecule has 0 radical (unpaired) electrons. The van der Waals surface area contributed by atoms with E-state index in [0.29, 0.717) is 18.8 Å². The van der Waals surface area contributed by atoms with Crippen LogP contribution in [0, 0.1) is 0 Å². The summed E-state index contributed by atoms with van der Waals surface area (Å²) in [5.41, 5.74) is 5.45. The number of aryl methyl sites for hydroxylation is 1. The Kier molecular flexibility index (Phi) is 3.00. The summed E-state index contributed by atoms with van der Waals surface area (Å²) in [5.74, 6) is -1.15. The molecular weight excluding hydrogens is 238 g/mol. The zero-order valence-electron chi connectivity index (χ0n) is 9.87. The van der Waals surface area contributed by atoms with Gasteiger partial charge in [-0.15, -0.1) is 0 Å². The van der Waals surface area contributed by atoms with Crippen LogP contribution in [0.3, 0.4) is 0 Å². The van der Waals surface area contributed by atoms with Gasteiger partial charge in [-0.1, -0.05) is 0 Å². The molecule has 1 saturated heterocycles. The number of urea groups is 1. The van der Waals surface area contributed by atoms with E-state index in [1.165, 1.54) is 7.05 Å². The van der Waals surface area contributed by atoms with E-state index in [1.54, 1.807) is 16.9 Å². The molecule has 18 heavy (non-hydrogen) atoms. The number of nitrogens with zero attached hydrogens (tertiary/aromatic N) is 4. The standard InChI is InChI=1S/C10H13N5O3/c1-13-8(16)9(17)15(10(13)18)5-2-4-14-6-3-7(11)12-14/h3,6H,2,4-5H2,1H3,(H2,11,12). The van der Waals surface area contributed by atoms with Crippen LogP contribution >= 0.6 is 0 Å². The van der Waals surface area contributed by atoms with Gasteiger partial charge in [-0.3, -0.25) is 24.1 Å². The van der Waals surface area contributed by atoms with Crippen LogP contribution in [-0.2, 0) is 16.1 Å². The third-order valence-electron chi connectivity index (χ3n) is 2.68. The Morgan fingerprint density at radius 1 is 1.22 bits per heavy atom. The Labute approximate surface area is 103 Å². The Morgan fingerprint density at radius 3 is 2.44 bits per heavy atom. The zero-order valence-corrected chi connectivity index (χ0v) is 9.87. The molecule has 2 rings (SSSR count). The Morgan fingerprint density at radius 2 is 1.94 bits per heavy atom. The average molecular weight is 251 g/mol. The van der Waals surface area contributed by atoms with E-state index < -0.39 is 17.8 Å². The summed E-state index contributed by atoms with van der Waals surface area (Å²) in [5, 5.41) is 3.97. The molecule has 96 valence electrons. The van der Waals surface area contributed by atoms with Gasteiger partial charge in [0.15, 0.2) is 0 Å². The zero-order chi connectivity index (χ0) is 13.3. The number of nitrogen functional groups attached to an aromatic ring is 1. The predicted octanol–water partition coefficient (Wildman–Crippen LogP) is -0.724. The molecule has 8 heteroatoms. The minimum absolute atomic E-state index is 0.188. The molecule has 1 aromatic rings. The van der Waals surface area contributed by atoms with Crippen molar-refractivity contribution < 1.29 is 14.4 Å². The van der Waals surface area contributed by atoms with Gasteiger partial charge < -0.3 is 5.73 Å². The molecule has 1 fully saturated rings. The smallest absolute Gasteiger partial charge is 0.333 e. The minimum Gasteiger partial charge on any atom is -0.382 e. The summed E-state index contributed by atoms with van der Waals surface area (Å²) in [6.45, 7) is 0.708. The van der Waals surface area contributed by atoms with E-state index >= 15 is 0 Å². The molecule has 1 aliphatic heterocycles. The van der Waals surface area contributed by atoms with Gasteiger partial charge in [-0.2, -0.15) is 5.10 Å². The molecule has 1 aromatic heterocycles. The van der Waals surface area contributed by atoms with Crippen molar-refractivity contribution in [1.29, 1.82) is 0 Å². The number of hydrogen-bond donors (Lipinski definition) is 1. The number of likely N-dealkylation sites (N-methyl/N-ethyl adjacent to an activating group) is 1. The third kappa shape index (κ3) is 2.04. The molecule has 0 bridgehead atoms. The van der Waals surface area contributed by atoms with Crippen LogP contribution in [0.2, 0.25) is 0 Å². The van der Waals surface area contributed by atoms with Crippen LogP contribution in [0.25, 0.3) is 0 Å². The number of anilines is 1. The highest BCUT2D eigenvalue weighted by molar-refractivity contribution is 6.44. The van der Waals surface area contributed by atoms with Crippen molar-refractivity contribution >= 4 is 23.7 Å². The van der Waals surface area contributed by atoms with E-state index in [0.717, 1.165) is 9.80 Å². The number of carbonyl (C=O) groups excluding carboxylic acids is 3. The van der Waals surface area contributed by atoms with E-state index in [9.17, 15) is 14.4 Å². The Hall–Kier alpha value is -2.38. The average Bonchev–Trinajstić information content (AvgIpc) is 2.83. The molecule has 4 amide bonds. The fourth-order valence-corrected chi connectivity index (χ4v) is 1.70. The van der Waals surface area contributed by atoms with Gasteiger partial charge in [0.25, 0.3) is 0 Å². The first kappa shape index (κ1) is 12.1. The summed E-state index contributed by atoms with van der Waals surface area (Å²) in [6, 6.07) is 1.08. The van der Waals surface area contributed by atoms with E-state index in [-0.39, 0.29) is 6.54 Å². The maximum atomic E-state index is 11.5. The molecule has 0 spiro atoms. The molecule has 0 saturated carbocycles. The third-order valence-corrected chi connectivity index (χ3v) is 2.68. The number of amides is 4. The van der Waals surface area contributed by atoms with Gasteiger partial charge in [0.05, 0.1) is 0 Å². The van der Waals surface area contributed by atoms with Crippen molar-refractivity contribution in [3.63, 3.8) is 0 Å². The van der Waals surface area contributed by atoms with Gasteiger partial charge in [-0.25, -0.2) is 4.79 Å². The lowest BCUT2D eigenvalue weighted by Crippen LogP contribution is -2.33. The highest BCUT2D eigenvalue weighted by Crippen LogP contribution is 2.10. The first-order chi connectivity index (χ1) is 8.50. The monoisotopic (exact) mass is 251 g/mol.